The lowest BCUT2D eigenvalue weighted by Crippen LogP contribution is -2.37. The van der Waals surface area contributed by atoms with E-state index < -0.39 is 0 Å². The van der Waals surface area contributed by atoms with Crippen molar-refractivity contribution in [3.63, 3.8) is 0 Å². The van der Waals surface area contributed by atoms with Gasteiger partial charge in [-0.1, -0.05) is 36.4 Å². The molecule has 1 spiro atoms. The topological polar surface area (TPSA) is 36.4 Å². The van der Waals surface area contributed by atoms with E-state index in [9.17, 15) is 4.79 Å². The molecule has 5 rings (SSSR count). The van der Waals surface area contributed by atoms with E-state index in [0.29, 0.717) is 12.5 Å². The highest BCUT2D eigenvalue weighted by Gasteiger charge is 2.58. The molecule has 29 heavy (non-hydrogen) atoms. The fourth-order valence-corrected chi connectivity index (χ4v) is 5.45. The predicted molar refractivity (Wildman–Crippen MR) is 118 cm³/mol. The molecule has 0 N–H and O–H groups in total. The largest absolute Gasteiger partial charge is 0.340 e. The monoisotopic (exact) mass is 405 g/mol. The second-order valence-electron chi connectivity index (χ2n) is 8.75. The number of carbonyl (C=O) groups excluding carboxylic acids is 1. The van der Waals surface area contributed by atoms with Gasteiger partial charge in [-0.05, 0) is 60.2 Å². The molecule has 150 valence electrons. The van der Waals surface area contributed by atoms with E-state index in [1.807, 2.05) is 22.8 Å². The number of piperidine rings is 1. The van der Waals surface area contributed by atoms with Crippen LogP contribution < -0.4 is 0 Å². The molecule has 0 radical (unpaired) electrons. The molecule has 2 aliphatic rings. The Morgan fingerprint density at radius 1 is 1.21 bits per heavy atom. The number of likely N-dealkylation sites (tertiary alicyclic amines) is 1. The second-order valence-corrected chi connectivity index (χ2v) is 9.47. The Morgan fingerprint density at radius 2 is 2.00 bits per heavy atom. The smallest absolute Gasteiger partial charge is 0.226 e. The van der Waals surface area contributed by atoms with Crippen molar-refractivity contribution in [1.29, 1.82) is 0 Å². The molecule has 1 saturated heterocycles. The van der Waals surface area contributed by atoms with E-state index in [1.165, 1.54) is 16.3 Å². The van der Waals surface area contributed by atoms with Gasteiger partial charge in [-0.3, -0.25) is 9.69 Å². The maximum absolute atomic E-state index is 12.9. The number of thiazole rings is 1. The van der Waals surface area contributed by atoms with Gasteiger partial charge in [0.1, 0.15) is 0 Å². The van der Waals surface area contributed by atoms with Crippen LogP contribution in [0.2, 0.25) is 0 Å². The molecule has 4 nitrogen and oxygen atoms in total. The second kappa shape index (κ2) is 7.54. The first-order valence-electron chi connectivity index (χ1n) is 10.5. The lowest BCUT2D eigenvalue weighted by molar-refractivity contribution is -0.133. The molecular weight excluding hydrogens is 378 g/mol. The van der Waals surface area contributed by atoms with Crippen molar-refractivity contribution in [3.05, 3.63) is 64.6 Å². The zero-order chi connectivity index (χ0) is 19.8. The molecule has 1 unspecified atom stereocenters. The molecule has 3 aromatic rings. The van der Waals surface area contributed by atoms with Gasteiger partial charge in [-0.15, -0.1) is 11.3 Å². The summed E-state index contributed by atoms with van der Waals surface area (Å²) < 4.78 is 0. The summed E-state index contributed by atoms with van der Waals surface area (Å²) in [6.07, 6.45) is 3.35. The summed E-state index contributed by atoms with van der Waals surface area (Å²) in [5.41, 5.74) is 4.46. The number of nitrogens with zero attached hydrogens (tertiary/aromatic N) is 3. The molecule has 2 fully saturated rings. The summed E-state index contributed by atoms with van der Waals surface area (Å²) >= 11 is 1.59. The van der Waals surface area contributed by atoms with E-state index in [2.05, 4.69) is 52.3 Å². The van der Waals surface area contributed by atoms with Crippen LogP contribution in [0.5, 0.6) is 0 Å². The van der Waals surface area contributed by atoms with Gasteiger partial charge in [-0.2, -0.15) is 0 Å². The van der Waals surface area contributed by atoms with Crippen molar-refractivity contribution in [2.45, 2.75) is 32.4 Å². The highest BCUT2D eigenvalue weighted by molar-refractivity contribution is 7.07. The molecule has 2 aromatic carbocycles. The number of amides is 1. The van der Waals surface area contributed by atoms with E-state index in [1.54, 1.807) is 11.3 Å². The fourth-order valence-electron chi connectivity index (χ4n) is 4.90. The minimum absolute atomic E-state index is 0.217. The molecule has 1 aliphatic carbocycles. The van der Waals surface area contributed by atoms with Crippen molar-refractivity contribution < 1.29 is 4.79 Å². The molecule has 1 aliphatic heterocycles. The number of benzene rings is 2. The van der Waals surface area contributed by atoms with Gasteiger partial charge < -0.3 is 4.90 Å². The Labute approximate surface area is 176 Å². The van der Waals surface area contributed by atoms with E-state index in [4.69, 9.17) is 0 Å². The normalized spacial score (nSPS) is 20.8. The predicted octanol–water partition coefficient (Wildman–Crippen LogP) is 4.56. The molecule has 1 aromatic heterocycles. The molecule has 5 heteroatoms. The van der Waals surface area contributed by atoms with Crippen LogP contribution in [-0.2, 0) is 17.9 Å². The molecular formula is C24H27N3OS. The van der Waals surface area contributed by atoms with Crippen LogP contribution in [-0.4, -0.2) is 40.8 Å². The highest BCUT2D eigenvalue weighted by Crippen LogP contribution is 2.60. The zero-order valence-corrected chi connectivity index (χ0v) is 17.7. The maximum atomic E-state index is 12.9. The van der Waals surface area contributed by atoms with Crippen LogP contribution in [0.15, 0.2) is 53.4 Å². The first-order chi connectivity index (χ1) is 14.1. The third-order valence-corrected chi connectivity index (χ3v) is 7.45. The van der Waals surface area contributed by atoms with Gasteiger partial charge in [0.2, 0.25) is 5.91 Å². The van der Waals surface area contributed by atoms with Gasteiger partial charge in [0.05, 0.1) is 17.7 Å². The molecule has 1 amide bonds. The van der Waals surface area contributed by atoms with Crippen LogP contribution in [0.1, 0.15) is 30.5 Å². The van der Waals surface area contributed by atoms with Crippen molar-refractivity contribution >= 4 is 28.0 Å². The Bertz CT molecular complexity index is 1010. The lowest BCUT2D eigenvalue weighted by atomic mass is 9.90. The number of carbonyl (C=O) groups is 1. The average Bonchev–Trinajstić information content (AvgIpc) is 3.18. The maximum Gasteiger partial charge on any atom is 0.226 e. The average molecular weight is 406 g/mol. The van der Waals surface area contributed by atoms with Crippen LogP contribution in [0.4, 0.5) is 0 Å². The number of rotatable bonds is 5. The first kappa shape index (κ1) is 18.8. The number of fused-ring (bicyclic) bond motifs is 1. The van der Waals surface area contributed by atoms with Gasteiger partial charge in [0.15, 0.2) is 0 Å². The molecule has 1 atom stereocenters. The standard InChI is InChI=1S/C24H27N3OS/c1-26(15-21-16-29-17-25-21)23(28)22-13-24(22)8-10-27(11-9-24)14-18-6-7-19-4-2-3-5-20(19)12-18/h2-7,12,16-17,22H,8-11,13-15H2,1H3. The Hall–Kier alpha value is -2.24. The third-order valence-electron chi connectivity index (χ3n) is 6.82. The highest BCUT2D eigenvalue weighted by atomic mass is 32.1. The van der Waals surface area contributed by atoms with Gasteiger partial charge >= 0.3 is 0 Å². The molecule has 1 saturated carbocycles. The van der Waals surface area contributed by atoms with E-state index in [0.717, 1.165) is 44.6 Å². The third kappa shape index (κ3) is 3.81. The summed E-state index contributed by atoms with van der Waals surface area (Å²) in [4.78, 5) is 21.6. The summed E-state index contributed by atoms with van der Waals surface area (Å²) in [6.45, 7) is 3.81. The Balaban J connectivity index is 1.16. The number of hydrogen-bond donors (Lipinski definition) is 0. The van der Waals surface area contributed by atoms with Crippen LogP contribution in [0.25, 0.3) is 10.8 Å². The zero-order valence-electron chi connectivity index (χ0n) is 16.9. The van der Waals surface area contributed by atoms with Crippen LogP contribution in [0, 0.1) is 11.3 Å². The van der Waals surface area contributed by atoms with Crippen LogP contribution in [0.3, 0.4) is 0 Å². The minimum Gasteiger partial charge on any atom is -0.340 e. The number of hydrogen-bond acceptors (Lipinski definition) is 4. The van der Waals surface area contributed by atoms with Crippen molar-refractivity contribution in [2.75, 3.05) is 20.1 Å². The number of aromatic nitrogens is 1. The Kier molecular flexibility index (Phi) is 4.88. The molecule has 2 heterocycles. The van der Waals surface area contributed by atoms with Crippen molar-refractivity contribution in [2.24, 2.45) is 11.3 Å². The lowest BCUT2D eigenvalue weighted by Gasteiger charge is -2.33. The SMILES string of the molecule is CN(Cc1cscn1)C(=O)C1CC12CCN(Cc1ccc3ccccc3c1)CC2. The Morgan fingerprint density at radius 3 is 2.76 bits per heavy atom. The summed E-state index contributed by atoms with van der Waals surface area (Å²) in [5, 5.41) is 4.64. The van der Waals surface area contributed by atoms with Gasteiger partial charge in [0, 0.05) is 24.9 Å². The van der Waals surface area contributed by atoms with E-state index >= 15 is 0 Å². The van der Waals surface area contributed by atoms with E-state index in [-0.39, 0.29) is 11.3 Å². The first-order valence-corrected chi connectivity index (χ1v) is 11.4. The fraction of sp³-hybridized carbons (Fsp3) is 0.417. The molecule has 0 bridgehead atoms. The van der Waals surface area contributed by atoms with Crippen molar-refractivity contribution in [3.8, 4) is 0 Å². The summed E-state index contributed by atoms with van der Waals surface area (Å²) in [6, 6.07) is 15.3. The quantitative estimate of drug-likeness (QED) is 0.624. The van der Waals surface area contributed by atoms with Crippen LogP contribution >= 0.6 is 11.3 Å². The summed E-state index contributed by atoms with van der Waals surface area (Å²) in [5.74, 6) is 0.523. The van der Waals surface area contributed by atoms with Crippen molar-refractivity contribution in [1.82, 2.24) is 14.8 Å². The van der Waals surface area contributed by atoms with Gasteiger partial charge in [-0.25, -0.2) is 4.98 Å². The minimum atomic E-state index is 0.217. The van der Waals surface area contributed by atoms with Gasteiger partial charge in [0.25, 0.3) is 0 Å². The summed E-state index contributed by atoms with van der Waals surface area (Å²) in [7, 11) is 1.92.